The van der Waals surface area contributed by atoms with Crippen LogP contribution in [0.3, 0.4) is 0 Å². The highest BCUT2D eigenvalue weighted by molar-refractivity contribution is 5.79. The molecule has 2 atom stereocenters. The molecule has 0 spiro atoms. The molecule has 3 N–H and O–H groups in total. The number of halogens is 3. The Morgan fingerprint density at radius 3 is 2.70 bits per heavy atom. The number of carbonyl (C=O) groups is 1. The summed E-state index contributed by atoms with van der Waals surface area (Å²) >= 11 is 0. The van der Waals surface area contributed by atoms with Crippen LogP contribution in [0.2, 0.25) is 0 Å². The maximum atomic E-state index is 12.6. The van der Waals surface area contributed by atoms with Gasteiger partial charge in [0.05, 0.1) is 11.5 Å². The van der Waals surface area contributed by atoms with E-state index < -0.39 is 11.7 Å². The third-order valence-electron chi connectivity index (χ3n) is 3.63. The van der Waals surface area contributed by atoms with Crippen molar-refractivity contribution in [3.63, 3.8) is 0 Å². The second-order valence-corrected chi connectivity index (χ2v) is 5.12. The van der Waals surface area contributed by atoms with Crippen LogP contribution in [0.5, 0.6) is 0 Å². The third kappa shape index (κ3) is 3.50. The first-order valence-electron chi connectivity index (χ1n) is 6.57. The highest BCUT2D eigenvalue weighted by atomic mass is 19.4. The van der Waals surface area contributed by atoms with E-state index in [1.165, 1.54) is 6.07 Å². The zero-order chi connectivity index (χ0) is 14.8. The van der Waals surface area contributed by atoms with Crippen molar-refractivity contribution >= 4 is 5.91 Å². The lowest BCUT2D eigenvalue weighted by atomic mass is 10.0. The standard InChI is InChI=1S/C14H17F3N2O/c15-14(16,17)10-4-1-3-9(7-10)8-19-13(20)11-5-2-6-12(11)18/h1,3-4,7,11-12H,2,5-6,8,18H2,(H,19,20). The van der Waals surface area contributed by atoms with E-state index in [0.29, 0.717) is 5.56 Å². The summed E-state index contributed by atoms with van der Waals surface area (Å²) in [5, 5.41) is 2.66. The van der Waals surface area contributed by atoms with E-state index in [0.717, 1.165) is 31.4 Å². The zero-order valence-corrected chi connectivity index (χ0v) is 10.9. The van der Waals surface area contributed by atoms with Crippen LogP contribution in [0, 0.1) is 5.92 Å². The Bertz CT molecular complexity index is 488. The molecule has 0 aromatic heterocycles. The van der Waals surface area contributed by atoms with Gasteiger partial charge in [0.1, 0.15) is 0 Å². The van der Waals surface area contributed by atoms with Crippen molar-refractivity contribution in [2.75, 3.05) is 0 Å². The Balaban J connectivity index is 1.95. The van der Waals surface area contributed by atoms with Gasteiger partial charge in [-0.05, 0) is 30.5 Å². The minimum atomic E-state index is -4.37. The Morgan fingerprint density at radius 1 is 1.35 bits per heavy atom. The first-order chi connectivity index (χ1) is 9.38. The molecular formula is C14H17F3N2O. The van der Waals surface area contributed by atoms with Crippen molar-refractivity contribution in [1.82, 2.24) is 5.32 Å². The number of amides is 1. The van der Waals surface area contributed by atoms with E-state index in [1.54, 1.807) is 6.07 Å². The van der Waals surface area contributed by atoms with E-state index >= 15 is 0 Å². The van der Waals surface area contributed by atoms with E-state index in [4.69, 9.17) is 5.73 Å². The first-order valence-corrected chi connectivity index (χ1v) is 6.57. The zero-order valence-electron chi connectivity index (χ0n) is 10.9. The maximum Gasteiger partial charge on any atom is 0.416 e. The van der Waals surface area contributed by atoms with Crippen molar-refractivity contribution in [3.05, 3.63) is 35.4 Å². The van der Waals surface area contributed by atoms with Crippen LogP contribution in [0.25, 0.3) is 0 Å². The Hall–Kier alpha value is -1.56. The second kappa shape index (κ2) is 5.83. The normalized spacial score (nSPS) is 22.8. The summed E-state index contributed by atoms with van der Waals surface area (Å²) < 4.78 is 37.7. The molecule has 1 aliphatic carbocycles. The van der Waals surface area contributed by atoms with E-state index in [2.05, 4.69) is 5.32 Å². The van der Waals surface area contributed by atoms with Crippen LogP contribution in [-0.2, 0) is 17.5 Å². The van der Waals surface area contributed by atoms with Gasteiger partial charge in [0.2, 0.25) is 5.91 Å². The van der Waals surface area contributed by atoms with Crippen LogP contribution < -0.4 is 11.1 Å². The van der Waals surface area contributed by atoms with Gasteiger partial charge in [-0.25, -0.2) is 0 Å². The lowest BCUT2D eigenvalue weighted by molar-refractivity contribution is -0.137. The molecule has 0 heterocycles. The minimum absolute atomic E-state index is 0.0893. The van der Waals surface area contributed by atoms with Crippen LogP contribution >= 0.6 is 0 Å². The van der Waals surface area contributed by atoms with Gasteiger partial charge < -0.3 is 11.1 Å². The van der Waals surface area contributed by atoms with Gasteiger partial charge in [-0.1, -0.05) is 18.6 Å². The molecule has 0 radical (unpaired) electrons. The van der Waals surface area contributed by atoms with Gasteiger partial charge in [0.25, 0.3) is 0 Å². The topological polar surface area (TPSA) is 55.1 Å². The van der Waals surface area contributed by atoms with Crippen molar-refractivity contribution in [2.24, 2.45) is 11.7 Å². The van der Waals surface area contributed by atoms with Crippen LogP contribution in [-0.4, -0.2) is 11.9 Å². The number of nitrogens with one attached hydrogen (secondary N) is 1. The molecule has 1 aliphatic rings. The fourth-order valence-electron chi connectivity index (χ4n) is 2.49. The Morgan fingerprint density at radius 2 is 2.10 bits per heavy atom. The molecule has 1 fully saturated rings. The number of nitrogens with two attached hydrogens (primary N) is 1. The second-order valence-electron chi connectivity index (χ2n) is 5.12. The predicted molar refractivity (Wildman–Crippen MR) is 68.6 cm³/mol. The SMILES string of the molecule is NC1CCCC1C(=O)NCc1cccc(C(F)(F)F)c1. The average molecular weight is 286 g/mol. The molecule has 0 saturated heterocycles. The summed E-state index contributed by atoms with van der Waals surface area (Å²) in [6.07, 6.45) is -1.88. The van der Waals surface area contributed by atoms with Crippen LogP contribution in [0.15, 0.2) is 24.3 Å². The summed E-state index contributed by atoms with van der Waals surface area (Å²) in [5.41, 5.74) is 5.54. The third-order valence-corrected chi connectivity index (χ3v) is 3.63. The fraction of sp³-hybridized carbons (Fsp3) is 0.500. The summed E-state index contributed by atoms with van der Waals surface area (Å²) in [4.78, 5) is 11.9. The molecule has 3 nitrogen and oxygen atoms in total. The number of hydrogen-bond acceptors (Lipinski definition) is 2. The predicted octanol–water partition coefficient (Wildman–Crippen LogP) is 2.45. The Kier molecular flexibility index (Phi) is 4.32. The summed E-state index contributed by atoms with van der Waals surface area (Å²) in [5.74, 6) is -0.395. The Labute approximate surface area is 115 Å². The number of hydrogen-bond donors (Lipinski definition) is 2. The molecule has 2 unspecified atom stereocenters. The number of rotatable bonds is 3. The van der Waals surface area contributed by atoms with Gasteiger partial charge in [0, 0.05) is 12.6 Å². The van der Waals surface area contributed by atoms with Gasteiger partial charge in [-0.3, -0.25) is 4.79 Å². The number of alkyl halides is 3. The molecule has 110 valence electrons. The van der Waals surface area contributed by atoms with Gasteiger partial charge in [0.15, 0.2) is 0 Å². The van der Waals surface area contributed by atoms with E-state index in [9.17, 15) is 18.0 Å². The lowest BCUT2D eigenvalue weighted by Gasteiger charge is -2.15. The first kappa shape index (κ1) is 14.8. The largest absolute Gasteiger partial charge is 0.416 e. The molecule has 0 bridgehead atoms. The highest BCUT2D eigenvalue weighted by Gasteiger charge is 2.31. The molecule has 20 heavy (non-hydrogen) atoms. The molecule has 1 saturated carbocycles. The smallest absolute Gasteiger partial charge is 0.352 e. The summed E-state index contributed by atoms with van der Waals surface area (Å²) in [7, 11) is 0. The molecule has 1 aromatic carbocycles. The molecule has 0 aliphatic heterocycles. The summed E-state index contributed by atoms with van der Waals surface area (Å²) in [6, 6.07) is 4.82. The van der Waals surface area contributed by atoms with Crippen molar-refractivity contribution < 1.29 is 18.0 Å². The molecule has 6 heteroatoms. The molecule has 2 rings (SSSR count). The quantitative estimate of drug-likeness (QED) is 0.896. The lowest BCUT2D eigenvalue weighted by Crippen LogP contribution is -2.38. The van der Waals surface area contributed by atoms with E-state index in [1.807, 2.05) is 0 Å². The molecule has 1 aromatic rings. The molecular weight excluding hydrogens is 269 g/mol. The minimum Gasteiger partial charge on any atom is -0.352 e. The highest BCUT2D eigenvalue weighted by Crippen LogP contribution is 2.29. The summed E-state index contributed by atoms with van der Waals surface area (Å²) in [6.45, 7) is 0.0893. The van der Waals surface area contributed by atoms with Crippen molar-refractivity contribution in [3.8, 4) is 0 Å². The fourth-order valence-corrected chi connectivity index (χ4v) is 2.49. The van der Waals surface area contributed by atoms with Crippen molar-refractivity contribution in [2.45, 2.75) is 38.0 Å². The van der Waals surface area contributed by atoms with Crippen LogP contribution in [0.1, 0.15) is 30.4 Å². The van der Waals surface area contributed by atoms with E-state index in [-0.39, 0.29) is 24.4 Å². The van der Waals surface area contributed by atoms with Gasteiger partial charge in [-0.15, -0.1) is 0 Å². The maximum absolute atomic E-state index is 12.6. The van der Waals surface area contributed by atoms with Crippen molar-refractivity contribution in [1.29, 1.82) is 0 Å². The molecule has 1 amide bonds. The van der Waals surface area contributed by atoms with Gasteiger partial charge in [-0.2, -0.15) is 13.2 Å². The number of benzene rings is 1. The number of carbonyl (C=O) groups excluding carboxylic acids is 1. The monoisotopic (exact) mass is 286 g/mol. The average Bonchev–Trinajstić information content (AvgIpc) is 2.82. The van der Waals surface area contributed by atoms with Crippen LogP contribution in [0.4, 0.5) is 13.2 Å². The van der Waals surface area contributed by atoms with Gasteiger partial charge >= 0.3 is 6.18 Å².